The van der Waals surface area contributed by atoms with Crippen molar-refractivity contribution < 1.29 is 43.3 Å². The Hall–Kier alpha value is -3.38. The Morgan fingerprint density at radius 3 is 2.24 bits per heavy atom. The van der Waals surface area contributed by atoms with Gasteiger partial charge in [0.2, 0.25) is 11.8 Å². The molecular weight excluding hydrogens is 552 g/mol. The molecule has 0 radical (unpaired) electrons. The molecule has 0 bridgehead atoms. The molecule has 1 saturated heterocycles. The Labute approximate surface area is 243 Å². The summed E-state index contributed by atoms with van der Waals surface area (Å²) in [4.78, 5) is 66.5. The van der Waals surface area contributed by atoms with Crippen molar-refractivity contribution in [1.29, 1.82) is 0 Å². The molecule has 2 aliphatic heterocycles. The third-order valence-corrected chi connectivity index (χ3v) is 7.19. The summed E-state index contributed by atoms with van der Waals surface area (Å²) in [6.07, 6.45) is 0.247. The fraction of sp³-hybridized carbons (Fsp3) is 0.552. The number of amides is 2. The first kappa shape index (κ1) is 32.1. The van der Waals surface area contributed by atoms with Crippen molar-refractivity contribution in [2.75, 3.05) is 13.2 Å². The van der Waals surface area contributed by atoms with Gasteiger partial charge in [0.05, 0.1) is 0 Å². The predicted octanol–water partition coefficient (Wildman–Crippen LogP) is 2.42. The standard InChI is InChI=1S/C29H38N2O9S/c1-28(2,3)39-26(36)20(17-11-8-7-9-12-17)23(34)30-21-24(35)31-22(27(37)40-29(4,5)6)18(16-41-25(21)31)15-38-19(33)13-10-14-32/h7-9,11-12,16,20-22,25,32H,10,13-15H2,1-6H3,(H,30,34)/t20?,21?,22?,25-/m0/s1. The van der Waals surface area contributed by atoms with Crippen LogP contribution in [0.2, 0.25) is 0 Å². The van der Waals surface area contributed by atoms with Crippen LogP contribution >= 0.6 is 11.8 Å². The fourth-order valence-corrected chi connectivity index (χ4v) is 5.48. The minimum atomic E-state index is -1.31. The van der Waals surface area contributed by atoms with E-state index in [2.05, 4.69) is 5.32 Å². The molecular formula is C29H38N2O9S. The third-order valence-electron chi connectivity index (χ3n) is 5.97. The third kappa shape index (κ3) is 8.32. The number of ether oxygens (including phenoxy) is 3. The number of hydrogen-bond donors (Lipinski definition) is 2. The van der Waals surface area contributed by atoms with Crippen molar-refractivity contribution in [3.63, 3.8) is 0 Å². The van der Waals surface area contributed by atoms with Gasteiger partial charge in [-0.3, -0.25) is 19.2 Å². The number of nitrogens with one attached hydrogen (secondary N) is 1. The van der Waals surface area contributed by atoms with Gasteiger partial charge in [-0.15, -0.1) is 11.8 Å². The van der Waals surface area contributed by atoms with E-state index in [1.54, 1.807) is 77.3 Å². The highest BCUT2D eigenvalue weighted by Gasteiger charge is 2.57. The summed E-state index contributed by atoms with van der Waals surface area (Å²) in [6, 6.07) is 6.23. The van der Waals surface area contributed by atoms with E-state index >= 15 is 0 Å². The Morgan fingerprint density at radius 1 is 1.02 bits per heavy atom. The summed E-state index contributed by atoms with van der Waals surface area (Å²) in [6.45, 7) is 9.76. The second-order valence-electron chi connectivity index (χ2n) is 11.8. The number of nitrogens with zero attached hydrogens (tertiary/aromatic N) is 1. The van der Waals surface area contributed by atoms with E-state index in [0.717, 1.165) is 0 Å². The molecule has 2 N–H and O–H groups in total. The zero-order chi connectivity index (χ0) is 30.5. The molecule has 2 amide bonds. The minimum Gasteiger partial charge on any atom is -0.461 e. The molecule has 41 heavy (non-hydrogen) atoms. The first-order valence-corrected chi connectivity index (χ1v) is 14.3. The number of rotatable bonds is 10. The molecule has 11 nitrogen and oxygen atoms in total. The molecule has 12 heteroatoms. The largest absolute Gasteiger partial charge is 0.461 e. The smallest absolute Gasteiger partial charge is 0.333 e. The van der Waals surface area contributed by atoms with Crippen LogP contribution in [-0.2, 0) is 38.2 Å². The molecule has 4 atom stereocenters. The van der Waals surface area contributed by atoms with Gasteiger partial charge in [0, 0.05) is 18.6 Å². The number of fused-ring (bicyclic) bond motifs is 1. The molecule has 224 valence electrons. The maximum Gasteiger partial charge on any atom is 0.333 e. The van der Waals surface area contributed by atoms with Crippen LogP contribution in [0.1, 0.15) is 65.9 Å². The first-order valence-electron chi connectivity index (χ1n) is 13.4. The zero-order valence-corrected chi connectivity index (χ0v) is 25.0. The van der Waals surface area contributed by atoms with E-state index < -0.39 is 64.3 Å². The van der Waals surface area contributed by atoms with Crippen LogP contribution in [0.25, 0.3) is 0 Å². The fourth-order valence-electron chi connectivity index (χ4n) is 4.27. The van der Waals surface area contributed by atoms with Crippen molar-refractivity contribution in [3.05, 3.63) is 46.9 Å². The van der Waals surface area contributed by atoms with Gasteiger partial charge >= 0.3 is 17.9 Å². The van der Waals surface area contributed by atoms with Gasteiger partial charge < -0.3 is 29.5 Å². The van der Waals surface area contributed by atoms with E-state index in [4.69, 9.17) is 19.3 Å². The normalized spacial score (nSPS) is 21.0. The van der Waals surface area contributed by atoms with Gasteiger partial charge in [-0.2, -0.15) is 0 Å². The molecule has 0 aliphatic carbocycles. The molecule has 1 aromatic rings. The van der Waals surface area contributed by atoms with Crippen molar-refractivity contribution >= 4 is 41.5 Å². The highest BCUT2D eigenvalue weighted by molar-refractivity contribution is 8.03. The summed E-state index contributed by atoms with van der Waals surface area (Å²) >= 11 is 1.18. The quantitative estimate of drug-likeness (QED) is 0.180. The lowest BCUT2D eigenvalue weighted by Crippen LogP contribution is -2.74. The SMILES string of the molecule is CC(C)(C)OC(=O)C(C(=O)NC1C(=O)N2C(C(=O)OC(C)(C)C)C(COC(=O)CCCO)=CS[C@@H]12)c1ccccc1. The molecule has 2 aliphatic rings. The number of carbonyl (C=O) groups excluding carboxylic acids is 5. The highest BCUT2D eigenvalue weighted by Crippen LogP contribution is 2.41. The van der Waals surface area contributed by atoms with Crippen LogP contribution in [0.5, 0.6) is 0 Å². The maximum absolute atomic E-state index is 13.5. The molecule has 1 fully saturated rings. The summed E-state index contributed by atoms with van der Waals surface area (Å²) in [5, 5.41) is 12.6. The van der Waals surface area contributed by atoms with Crippen LogP contribution in [0, 0.1) is 0 Å². The van der Waals surface area contributed by atoms with Gasteiger partial charge in [-0.1, -0.05) is 30.3 Å². The average molecular weight is 591 g/mol. The van der Waals surface area contributed by atoms with E-state index in [1.165, 1.54) is 16.7 Å². The number of β-lactam (4-membered cyclic amide) rings is 1. The number of esters is 3. The summed E-state index contributed by atoms with van der Waals surface area (Å²) in [5.41, 5.74) is -0.920. The molecule has 3 unspecified atom stereocenters. The Balaban J connectivity index is 1.82. The highest BCUT2D eigenvalue weighted by atomic mass is 32.2. The summed E-state index contributed by atoms with van der Waals surface area (Å²) in [5.74, 6) is -4.56. The van der Waals surface area contributed by atoms with Gasteiger partial charge in [-0.05, 0) is 58.9 Å². The van der Waals surface area contributed by atoms with Crippen molar-refractivity contribution in [2.24, 2.45) is 0 Å². The summed E-state index contributed by atoms with van der Waals surface area (Å²) in [7, 11) is 0. The molecule has 1 aromatic carbocycles. The van der Waals surface area contributed by atoms with E-state index in [0.29, 0.717) is 11.1 Å². The first-order chi connectivity index (χ1) is 19.1. The number of hydrogen-bond acceptors (Lipinski definition) is 10. The van der Waals surface area contributed by atoms with E-state index in [-0.39, 0.29) is 26.1 Å². The van der Waals surface area contributed by atoms with Crippen LogP contribution in [0.4, 0.5) is 0 Å². The minimum absolute atomic E-state index is 0.00757. The van der Waals surface area contributed by atoms with Crippen LogP contribution < -0.4 is 5.32 Å². The molecule has 2 heterocycles. The van der Waals surface area contributed by atoms with Crippen molar-refractivity contribution in [3.8, 4) is 0 Å². The number of thioether (sulfide) groups is 1. The number of aliphatic hydroxyl groups excluding tert-OH is 1. The predicted molar refractivity (Wildman–Crippen MR) is 150 cm³/mol. The van der Waals surface area contributed by atoms with Crippen LogP contribution in [-0.4, -0.2) is 81.6 Å². The monoisotopic (exact) mass is 590 g/mol. The average Bonchev–Trinajstić information content (AvgIpc) is 2.87. The topological polar surface area (TPSA) is 149 Å². The van der Waals surface area contributed by atoms with E-state index in [9.17, 15) is 24.0 Å². The Kier molecular flexibility index (Phi) is 10.2. The lowest BCUT2D eigenvalue weighted by Gasteiger charge is -2.52. The lowest BCUT2D eigenvalue weighted by atomic mass is 9.95. The molecule has 0 saturated carbocycles. The Bertz CT molecular complexity index is 1190. The van der Waals surface area contributed by atoms with Crippen molar-refractivity contribution in [1.82, 2.24) is 10.2 Å². The maximum atomic E-state index is 13.5. The second-order valence-corrected chi connectivity index (χ2v) is 12.7. The molecule has 0 aromatic heterocycles. The van der Waals surface area contributed by atoms with Crippen LogP contribution in [0.3, 0.4) is 0 Å². The molecule has 3 rings (SSSR count). The number of aliphatic hydroxyl groups is 1. The number of benzene rings is 1. The Morgan fingerprint density at radius 2 is 1.66 bits per heavy atom. The lowest BCUT2D eigenvalue weighted by molar-refractivity contribution is -0.171. The summed E-state index contributed by atoms with van der Waals surface area (Å²) < 4.78 is 16.3. The number of carbonyl (C=O) groups is 5. The van der Waals surface area contributed by atoms with Gasteiger partial charge in [0.15, 0.2) is 12.0 Å². The zero-order valence-electron chi connectivity index (χ0n) is 24.2. The second kappa shape index (κ2) is 13.1. The van der Waals surface area contributed by atoms with E-state index in [1.807, 2.05) is 0 Å². The van der Waals surface area contributed by atoms with Crippen molar-refractivity contribution in [2.45, 2.75) is 89.0 Å². The molecule has 0 spiro atoms. The van der Waals surface area contributed by atoms with Gasteiger partial charge in [-0.25, -0.2) is 4.79 Å². The van der Waals surface area contributed by atoms with Gasteiger partial charge in [0.25, 0.3) is 0 Å². The van der Waals surface area contributed by atoms with Gasteiger partial charge in [0.1, 0.15) is 29.2 Å². The van der Waals surface area contributed by atoms with Crippen LogP contribution in [0.15, 0.2) is 41.3 Å².